The number of piperidine rings is 1. The van der Waals surface area contributed by atoms with Crippen LogP contribution in [-0.4, -0.2) is 38.8 Å². The van der Waals surface area contributed by atoms with Gasteiger partial charge >= 0.3 is 0 Å². The van der Waals surface area contributed by atoms with Gasteiger partial charge in [0.05, 0.1) is 12.0 Å². The Morgan fingerprint density at radius 2 is 1.86 bits per heavy atom. The van der Waals surface area contributed by atoms with E-state index in [9.17, 15) is 13.2 Å². The third-order valence-electron chi connectivity index (χ3n) is 3.48. The summed E-state index contributed by atoms with van der Waals surface area (Å²) >= 11 is 5.77. The first kappa shape index (κ1) is 16.2. The summed E-state index contributed by atoms with van der Waals surface area (Å²) in [6, 6.07) is 6.07. The third kappa shape index (κ3) is 3.74. The zero-order valence-electron chi connectivity index (χ0n) is 11.6. The lowest BCUT2D eigenvalue weighted by molar-refractivity contribution is -0.136. The van der Waals surface area contributed by atoms with Crippen molar-refractivity contribution in [3.8, 4) is 0 Å². The molecule has 0 aromatic heterocycles. The van der Waals surface area contributed by atoms with E-state index in [0.717, 1.165) is 0 Å². The molecule has 1 aliphatic rings. The van der Waals surface area contributed by atoms with Crippen LogP contribution in [0.2, 0.25) is 5.02 Å². The molecule has 1 N–H and O–H groups in total. The van der Waals surface area contributed by atoms with Gasteiger partial charge in [-0.1, -0.05) is 11.6 Å². The maximum absolute atomic E-state index is 12.5. The molecule has 1 fully saturated rings. The molecule has 0 radical (unpaired) electrons. The number of benzene rings is 1. The number of hydroxylamine groups is 1. The average molecular weight is 333 g/mol. The molecule has 0 saturated carbocycles. The molecule has 0 bridgehead atoms. The maximum Gasteiger partial charge on any atom is 0.246 e. The Morgan fingerprint density at radius 3 is 2.38 bits per heavy atom. The van der Waals surface area contributed by atoms with E-state index in [2.05, 4.69) is 10.3 Å². The van der Waals surface area contributed by atoms with Gasteiger partial charge in [-0.05, 0) is 37.1 Å². The van der Waals surface area contributed by atoms with Gasteiger partial charge in [0, 0.05) is 24.0 Å². The van der Waals surface area contributed by atoms with Crippen LogP contribution in [0.5, 0.6) is 0 Å². The van der Waals surface area contributed by atoms with Crippen molar-refractivity contribution >= 4 is 27.5 Å². The minimum atomic E-state index is -3.53. The summed E-state index contributed by atoms with van der Waals surface area (Å²) in [6.07, 6.45) is 0.948. The smallest absolute Gasteiger partial charge is 0.246 e. The molecule has 6 nitrogen and oxygen atoms in total. The monoisotopic (exact) mass is 332 g/mol. The zero-order chi connectivity index (χ0) is 15.5. The number of sulfonamides is 1. The zero-order valence-corrected chi connectivity index (χ0v) is 13.2. The summed E-state index contributed by atoms with van der Waals surface area (Å²) in [5.74, 6) is -0.428. The van der Waals surface area contributed by atoms with E-state index in [1.54, 1.807) is 12.1 Å². The van der Waals surface area contributed by atoms with Gasteiger partial charge < -0.3 is 0 Å². The second kappa shape index (κ2) is 6.74. The lowest BCUT2D eigenvalue weighted by Crippen LogP contribution is -2.42. The number of hydrogen-bond donors (Lipinski definition) is 1. The van der Waals surface area contributed by atoms with Gasteiger partial charge in [0.25, 0.3) is 0 Å². The predicted molar refractivity (Wildman–Crippen MR) is 78.1 cm³/mol. The van der Waals surface area contributed by atoms with Gasteiger partial charge in [-0.2, -0.15) is 4.31 Å². The number of nitrogens with zero attached hydrogens (tertiary/aromatic N) is 1. The van der Waals surface area contributed by atoms with Crippen LogP contribution in [0, 0.1) is 5.92 Å². The molecule has 1 aliphatic heterocycles. The first-order valence-electron chi connectivity index (χ1n) is 6.53. The molecule has 1 heterocycles. The van der Waals surface area contributed by atoms with Crippen molar-refractivity contribution in [2.45, 2.75) is 17.7 Å². The van der Waals surface area contributed by atoms with E-state index < -0.39 is 10.0 Å². The van der Waals surface area contributed by atoms with Crippen molar-refractivity contribution in [2.75, 3.05) is 20.2 Å². The second-order valence-corrected chi connectivity index (χ2v) is 7.18. The quantitative estimate of drug-likeness (QED) is 0.846. The van der Waals surface area contributed by atoms with Crippen molar-refractivity contribution in [1.29, 1.82) is 0 Å². The van der Waals surface area contributed by atoms with Crippen molar-refractivity contribution in [3.05, 3.63) is 29.3 Å². The lowest BCUT2D eigenvalue weighted by atomic mass is 9.98. The molecule has 0 atom stereocenters. The van der Waals surface area contributed by atoms with E-state index in [-0.39, 0.29) is 16.7 Å². The van der Waals surface area contributed by atoms with Crippen molar-refractivity contribution in [3.63, 3.8) is 0 Å². The number of amides is 1. The number of carbonyl (C=O) groups is 1. The number of hydrogen-bond acceptors (Lipinski definition) is 4. The third-order valence-corrected chi connectivity index (χ3v) is 5.64. The van der Waals surface area contributed by atoms with E-state index in [4.69, 9.17) is 11.6 Å². The van der Waals surface area contributed by atoms with Crippen molar-refractivity contribution in [1.82, 2.24) is 9.79 Å². The van der Waals surface area contributed by atoms with Crippen LogP contribution in [-0.2, 0) is 19.7 Å². The van der Waals surface area contributed by atoms with Crippen LogP contribution in [0.4, 0.5) is 0 Å². The Balaban J connectivity index is 2.04. The van der Waals surface area contributed by atoms with Gasteiger partial charge in [-0.25, -0.2) is 13.9 Å². The lowest BCUT2D eigenvalue weighted by Gasteiger charge is -2.30. The molecular weight excluding hydrogens is 316 g/mol. The summed E-state index contributed by atoms with van der Waals surface area (Å²) < 4.78 is 26.3. The Morgan fingerprint density at radius 1 is 1.29 bits per heavy atom. The summed E-state index contributed by atoms with van der Waals surface area (Å²) in [4.78, 5) is 16.4. The minimum Gasteiger partial charge on any atom is -0.277 e. The van der Waals surface area contributed by atoms with Crippen LogP contribution in [0.15, 0.2) is 29.2 Å². The van der Waals surface area contributed by atoms with Crippen molar-refractivity contribution in [2.24, 2.45) is 5.92 Å². The molecule has 0 aliphatic carbocycles. The molecule has 1 saturated heterocycles. The van der Waals surface area contributed by atoms with E-state index in [1.807, 2.05) is 0 Å². The summed E-state index contributed by atoms with van der Waals surface area (Å²) in [6.45, 7) is 0.625. The number of nitrogens with one attached hydrogen (secondary N) is 1. The van der Waals surface area contributed by atoms with Crippen LogP contribution < -0.4 is 5.48 Å². The molecule has 0 unspecified atom stereocenters. The molecule has 116 valence electrons. The summed E-state index contributed by atoms with van der Waals surface area (Å²) in [5.41, 5.74) is 2.29. The van der Waals surface area contributed by atoms with Gasteiger partial charge in [-0.15, -0.1) is 0 Å². The largest absolute Gasteiger partial charge is 0.277 e. The normalized spacial score (nSPS) is 17.6. The number of carbonyl (C=O) groups excluding carboxylic acids is 1. The summed E-state index contributed by atoms with van der Waals surface area (Å²) in [5, 5.41) is 0.490. The molecule has 1 aromatic carbocycles. The molecular formula is C13H17ClN2O4S. The van der Waals surface area contributed by atoms with Gasteiger partial charge in [0.2, 0.25) is 15.9 Å². The highest BCUT2D eigenvalue weighted by Gasteiger charge is 2.32. The second-order valence-electron chi connectivity index (χ2n) is 4.80. The maximum atomic E-state index is 12.5. The van der Waals surface area contributed by atoms with Crippen molar-refractivity contribution < 1.29 is 18.0 Å². The highest BCUT2D eigenvalue weighted by atomic mass is 35.5. The molecule has 0 spiro atoms. The fourth-order valence-electron chi connectivity index (χ4n) is 2.30. The Kier molecular flexibility index (Phi) is 5.21. The molecule has 21 heavy (non-hydrogen) atoms. The molecule has 8 heteroatoms. The fourth-order valence-corrected chi connectivity index (χ4v) is 3.89. The van der Waals surface area contributed by atoms with Crippen LogP contribution in [0.25, 0.3) is 0 Å². The van der Waals surface area contributed by atoms with Gasteiger partial charge in [-0.3, -0.25) is 9.63 Å². The van der Waals surface area contributed by atoms with Crippen LogP contribution >= 0.6 is 11.6 Å². The Bertz CT molecular complexity index is 595. The SMILES string of the molecule is CONC(=O)C1CCN(S(=O)(=O)c2ccc(Cl)cc2)CC1. The first-order chi connectivity index (χ1) is 9.95. The number of halogens is 1. The predicted octanol–water partition coefficient (Wildman–Crippen LogP) is 1.42. The van der Waals surface area contributed by atoms with Gasteiger partial charge in [0.15, 0.2) is 0 Å². The standard InChI is InChI=1S/C13H17ClN2O4S/c1-20-15-13(17)10-6-8-16(9-7-10)21(18,19)12-4-2-11(14)3-5-12/h2-5,10H,6-9H2,1H3,(H,15,17). The first-order valence-corrected chi connectivity index (χ1v) is 8.35. The van der Waals surface area contributed by atoms with E-state index in [1.165, 1.54) is 23.5 Å². The Labute approximate surface area is 129 Å². The van der Waals surface area contributed by atoms with E-state index >= 15 is 0 Å². The Hall–Kier alpha value is -1.15. The molecule has 1 aromatic rings. The molecule has 2 rings (SSSR count). The van der Waals surface area contributed by atoms with E-state index in [0.29, 0.717) is 31.0 Å². The average Bonchev–Trinajstić information content (AvgIpc) is 2.48. The van der Waals surface area contributed by atoms with Gasteiger partial charge in [0.1, 0.15) is 0 Å². The van der Waals surface area contributed by atoms with Crippen LogP contribution in [0.3, 0.4) is 0 Å². The topological polar surface area (TPSA) is 75.7 Å². The summed E-state index contributed by atoms with van der Waals surface area (Å²) in [7, 11) is -2.16. The molecule has 1 amide bonds. The fraction of sp³-hybridized carbons (Fsp3) is 0.462. The van der Waals surface area contributed by atoms with Crippen LogP contribution in [0.1, 0.15) is 12.8 Å². The minimum absolute atomic E-state index is 0.207. The number of rotatable bonds is 4. The highest BCUT2D eigenvalue weighted by Crippen LogP contribution is 2.24. The highest BCUT2D eigenvalue weighted by molar-refractivity contribution is 7.89.